The van der Waals surface area contributed by atoms with Gasteiger partial charge in [-0.3, -0.25) is 0 Å². The Morgan fingerprint density at radius 1 is 1.33 bits per heavy atom. The molecule has 0 radical (unpaired) electrons. The number of benzene rings is 1. The summed E-state index contributed by atoms with van der Waals surface area (Å²) in [5, 5.41) is 6.31. The molecule has 15 heavy (non-hydrogen) atoms. The van der Waals surface area contributed by atoms with E-state index in [9.17, 15) is 0 Å². The second-order valence-electron chi connectivity index (χ2n) is 3.42. The molecule has 2 nitrogen and oxygen atoms in total. The quantitative estimate of drug-likeness (QED) is 0.715. The fourth-order valence-corrected chi connectivity index (χ4v) is 1.45. The van der Waals surface area contributed by atoms with Crippen LogP contribution in [0.2, 0.25) is 0 Å². The molecule has 1 atom stereocenters. The Balaban J connectivity index is 2.66. The van der Waals surface area contributed by atoms with Crippen molar-refractivity contribution in [2.24, 2.45) is 0 Å². The molecule has 0 saturated heterocycles. The number of anilines is 1. The van der Waals surface area contributed by atoms with Gasteiger partial charge in [-0.05, 0) is 37.2 Å². The van der Waals surface area contributed by atoms with Crippen LogP contribution < -0.4 is 10.6 Å². The first-order chi connectivity index (χ1) is 7.30. The molecule has 2 N–H and O–H groups in total. The van der Waals surface area contributed by atoms with Crippen molar-refractivity contribution in [3.05, 3.63) is 48.2 Å². The van der Waals surface area contributed by atoms with Gasteiger partial charge in [0.15, 0.2) is 0 Å². The summed E-state index contributed by atoms with van der Waals surface area (Å²) in [5.74, 6) is 0. The minimum Gasteiger partial charge on any atom is -0.388 e. The van der Waals surface area contributed by atoms with Crippen molar-refractivity contribution >= 4 is 5.69 Å². The number of nitrogens with one attached hydrogen (secondary N) is 2. The highest BCUT2D eigenvalue weighted by Gasteiger charge is 2.02. The highest BCUT2D eigenvalue weighted by atomic mass is 14.9. The minimum absolute atomic E-state index is 0.308. The molecule has 80 valence electrons. The third-order valence-corrected chi connectivity index (χ3v) is 2.39. The zero-order valence-corrected chi connectivity index (χ0v) is 9.38. The Bertz CT molecular complexity index is 334. The van der Waals surface area contributed by atoms with Crippen molar-refractivity contribution in [3.8, 4) is 0 Å². The largest absolute Gasteiger partial charge is 0.388 e. The number of likely N-dealkylation sites (N-methyl/N-ethyl adjacent to an activating group) is 1. The molecule has 0 aliphatic carbocycles. The summed E-state index contributed by atoms with van der Waals surface area (Å²) in [6.45, 7) is 3.59. The highest BCUT2D eigenvalue weighted by Crippen LogP contribution is 2.10. The van der Waals surface area contributed by atoms with Crippen LogP contribution in [0.3, 0.4) is 0 Å². The number of hydrogen-bond acceptors (Lipinski definition) is 2. The summed E-state index contributed by atoms with van der Waals surface area (Å²) in [6, 6.07) is 8.74. The van der Waals surface area contributed by atoms with Gasteiger partial charge in [-0.15, -0.1) is 5.73 Å². The summed E-state index contributed by atoms with van der Waals surface area (Å²) in [6.07, 6.45) is 2.91. The van der Waals surface area contributed by atoms with Gasteiger partial charge in [0.1, 0.15) is 0 Å². The number of rotatable bonds is 5. The van der Waals surface area contributed by atoms with Crippen molar-refractivity contribution in [2.75, 3.05) is 19.4 Å². The van der Waals surface area contributed by atoms with E-state index in [1.807, 2.05) is 20.2 Å². The Morgan fingerprint density at radius 3 is 2.47 bits per heavy atom. The van der Waals surface area contributed by atoms with Crippen LogP contribution in [0, 0.1) is 0 Å². The van der Waals surface area contributed by atoms with Gasteiger partial charge < -0.3 is 10.6 Å². The maximum Gasteiger partial charge on any atom is 0.0362 e. The van der Waals surface area contributed by atoms with E-state index >= 15 is 0 Å². The van der Waals surface area contributed by atoms with E-state index in [0.717, 1.165) is 12.1 Å². The summed E-state index contributed by atoms with van der Waals surface area (Å²) in [4.78, 5) is 0. The van der Waals surface area contributed by atoms with Crippen molar-refractivity contribution in [1.82, 2.24) is 5.32 Å². The van der Waals surface area contributed by atoms with Crippen LogP contribution in [-0.2, 0) is 6.42 Å². The van der Waals surface area contributed by atoms with Crippen LogP contribution in [0.4, 0.5) is 5.69 Å². The van der Waals surface area contributed by atoms with Crippen molar-refractivity contribution in [2.45, 2.75) is 12.5 Å². The maximum absolute atomic E-state index is 3.59. The molecular weight excluding hydrogens is 184 g/mol. The first kappa shape index (κ1) is 11.6. The van der Waals surface area contributed by atoms with Gasteiger partial charge in [-0.1, -0.05) is 18.7 Å². The van der Waals surface area contributed by atoms with Crippen molar-refractivity contribution in [3.63, 3.8) is 0 Å². The molecule has 1 rings (SSSR count). The van der Waals surface area contributed by atoms with Gasteiger partial charge in [0.2, 0.25) is 0 Å². The van der Waals surface area contributed by atoms with Gasteiger partial charge in [0.05, 0.1) is 0 Å². The van der Waals surface area contributed by atoms with Crippen LogP contribution in [-0.4, -0.2) is 20.1 Å². The fourth-order valence-electron chi connectivity index (χ4n) is 1.45. The van der Waals surface area contributed by atoms with Crippen LogP contribution in [0.1, 0.15) is 5.56 Å². The first-order valence-corrected chi connectivity index (χ1v) is 5.10. The van der Waals surface area contributed by atoms with E-state index in [1.165, 1.54) is 5.56 Å². The minimum atomic E-state index is 0.308. The Kier molecular flexibility index (Phi) is 4.69. The van der Waals surface area contributed by atoms with Gasteiger partial charge in [0.25, 0.3) is 0 Å². The molecule has 0 amide bonds. The molecule has 0 heterocycles. The summed E-state index contributed by atoms with van der Waals surface area (Å²) >= 11 is 0. The molecular formula is C13H18N2. The topological polar surface area (TPSA) is 24.1 Å². The molecule has 0 fully saturated rings. The third-order valence-electron chi connectivity index (χ3n) is 2.39. The standard InChI is InChI=1S/C13H18N2/c1-4-5-13(15-3)10-11-6-8-12(14-2)9-7-11/h5-9,13-15H,1,10H2,2-3H3. The normalized spacial score (nSPS) is 11.6. The zero-order chi connectivity index (χ0) is 11.1. The van der Waals surface area contributed by atoms with Crippen LogP contribution >= 0.6 is 0 Å². The van der Waals surface area contributed by atoms with Gasteiger partial charge in [0, 0.05) is 18.8 Å². The third kappa shape index (κ3) is 3.62. The molecule has 0 aromatic heterocycles. The van der Waals surface area contributed by atoms with Crippen molar-refractivity contribution < 1.29 is 0 Å². The first-order valence-electron chi connectivity index (χ1n) is 5.10. The molecule has 0 aliphatic rings. The predicted octanol–water partition coefficient (Wildman–Crippen LogP) is 2.20. The zero-order valence-electron chi connectivity index (χ0n) is 9.38. The maximum atomic E-state index is 3.59. The molecule has 0 spiro atoms. The molecule has 0 aliphatic heterocycles. The van der Waals surface area contributed by atoms with Gasteiger partial charge >= 0.3 is 0 Å². The molecule has 2 heteroatoms. The molecule has 1 aromatic carbocycles. The lowest BCUT2D eigenvalue weighted by Gasteiger charge is -2.11. The molecule has 0 saturated carbocycles. The van der Waals surface area contributed by atoms with Crippen molar-refractivity contribution in [1.29, 1.82) is 0 Å². The van der Waals surface area contributed by atoms with Gasteiger partial charge in [-0.25, -0.2) is 0 Å². The van der Waals surface area contributed by atoms with E-state index in [0.29, 0.717) is 6.04 Å². The van der Waals surface area contributed by atoms with Crippen LogP contribution in [0.5, 0.6) is 0 Å². The predicted molar refractivity (Wildman–Crippen MR) is 66.3 cm³/mol. The Labute approximate surface area is 91.7 Å². The second kappa shape index (κ2) is 6.07. The van der Waals surface area contributed by atoms with Gasteiger partial charge in [-0.2, -0.15) is 0 Å². The molecule has 1 aromatic rings. The summed E-state index contributed by atoms with van der Waals surface area (Å²) in [5.41, 5.74) is 5.26. The summed E-state index contributed by atoms with van der Waals surface area (Å²) in [7, 11) is 3.87. The number of hydrogen-bond donors (Lipinski definition) is 2. The Morgan fingerprint density at radius 2 is 2.00 bits per heavy atom. The monoisotopic (exact) mass is 202 g/mol. The van der Waals surface area contributed by atoms with E-state index in [4.69, 9.17) is 0 Å². The summed E-state index contributed by atoms with van der Waals surface area (Å²) < 4.78 is 0. The van der Waals surface area contributed by atoms with E-state index in [-0.39, 0.29) is 0 Å². The highest BCUT2D eigenvalue weighted by molar-refractivity contribution is 5.44. The lowest BCUT2D eigenvalue weighted by atomic mass is 10.1. The van der Waals surface area contributed by atoms with E-state index < -0.39 is 0 Å². The average molecular weight is 202 g/mol. The smallest absolute Gasteiger partial charge is 0.0362 e. The van der Waals surface area contributed by atoms with Crippen LogP contribution in [0.15, 0.2) is 42.7 Å². The Hall–Kier alpha value is -1.50. The average Bonchev–Trinajstić information content (AvgIpc) is 2.29. The lowest BCUT2D eigenvalue weighted by Crippen LogP contribution is -2.24. The van der Waals surface area contributed by atoms with E-state index in [2.05, 4.69) is 47.2 Å². The van der Waals surface area contributed by atoms with E-state index in [1.54, 1.807) is 0 Å². The molecule has 0 bridgehead atoms. The second-order valence-corrected chi connectivity index (χ2v) is 3.42. The van der Waals surface area contributed by atoms with Crippen LogP contribution in [0.25, 0.3) is 0 Å². The SMILES string of the molecule is C=C=CC(Cc1ccc(NC)cc1)NC. The lowest BCUT2D eigenvalue weighted by molar-refractivity contribution is 0.665. The fraction of sp³-hybridized carbons (Fsp3) is 0.308. The molecule has 1 unspecified atom stereocenters.